The fourth-order valence-electron chi connectivity index (χ4n) is 10.9. The first kappa shape index (κ1) is 80.8. The van der Waals surface area contributed by atoms with Gasteiger partial charge in [-0.3, -0.25) is 33.0 Å². The number of aliphatic hydroxyl groups excluding tert-OH is 7. The average Bonchev–Trinajstić information content (AvgIpc) is 0.855. The quantitative estimate of drug-likeness (QED) is 0.0319. The number of carbonyl (C=O) groups excluding carboxylic acids is 6. The molecule has 5 amide bonds. The van der Waals surface area contributed by atoms with Crippen molar-refractivity contribution in [2.75, 3.05) is 13.2 Å². The zero-order valence-electron chi connectivity index (χ0n) is 55.4. The van der Waals surface area contributed by atoms with E-state index < -0.39 is 196 Å². The molecule has 5 rings (SSSR count). The van der Waals surface area contributed by atoms with Crippen LogP contribution in [0.2, 0.25) is 0 Å². The molecule has 0 aromatic heterocycles. The van der Waals surface area contributed by atoms with Crippen LogP contribution in [0, 0.1) is 5.41 Å². The maximum Gasteiger partial charge on any atom is 0.474 e. The van der Waals surface area contributed by atoms with Crippen molar-refractivity contribution in [3.8, 4) is 0 Å². The van der Waals surface area contributed by atoms with Crippen molar-refractivity contribution in [2.24, 2.45) is 16.9 Å². The number of carboxylic acid groups (broad SMARTS) is 1. The summed E-state index contributed by atoms with van der Waals surface area (Å²) in [6, 6.07) is -3.52. The molecule has 542 valence electrons. The number of nitrogens with one attached hydrogen (secondary N) is 3. The predicted molar refractivity (Wildman–Crippen MR) is 333 cm³/mol. The molecule has 0 aromatic rings. The molecule has 0 saturated carbocycles. The molecule has 96 heavy (non-hydrogen) atoms. The van der Waals surface area contributed by atoms with Crippen LogP contribution in [-0.4, -0.2) is 229 Å². The van der Waals surface area contributed by atoms with Crippen molar-refractivity contribution in [3.63, 3.8) is 0 Å². The van der Waals surface area contributed by atoms with Crippen LogP contribution in [0.1, 0.15) is 127 Å². The number of Topliss-reactive ketones (excluding diaryl/α,β-unsaturated/α-hetero) is 1. The summed E-state index contributed by atoms with van der Waals surface area (Å²) in [7, 11) is -5.66. The smallest absolute Gasteiger partial charge is 0.474 e. The van der Waals surface area contributed by atoms with Crippen molar-refractivity contribution >= 4 is 49.3 Å². The third-order valence-corrected chi connectivity index (χ3v) is 17.3. The number of primary amides is 2. The van der Waals surface area contributed by atoms with E-state index in [1.165, 1.54) is 25.0 Å². The molecular formula is C62H96N5O28P. The van der Waals surface area contributed by atoms with Gasteiger partial charge < -0.3 is 116 Å². The molecule has 0 radical (unpaired) electrons. The molecule has 0 spiro atoms. The zero-order valence-corrected chi connectivity index (χ0v) is 56.3. The summed E-state index contributed by atoms with van der Waals surface area (Å²) in [6.45, 7) is 19.8. The highest BCUT2D eigenvalue weighted by Gasteiger charge is 2.58. The monoisotopic (exact) mass is 1390 g/mol. The molecule has 22 atom stereocenters. The average molecular weight is 1390 g/mol. The summed E-state index contributed by atoms with van der Waals surface area (Å²) < 4.78 is 76.0. The van der Waals surface area contributed by atoms with Crippen molar-refractivity contribution in [3.05, 3.63) is 70.7 Å². The van der Waals surface area contributed by atoms with E-state index in [9.17, 15) is 83.9 Å². The first-order chi connectivity index (χ1) is 44.8. The van der Waals surface area contributed by atoms with Gasteiger partial charge in [0, 0.05) is 26.7 Å². The number of hydrogen-bond donors (Lipinski definition) is 14. The molecule has 0 bridgehead atoms. The Bertz CT molecular complexity index is 2950. The van der Waals surface area contributed by atoms with E-state index in [0.717, 1.165) is 57.1 Å². The van der Waals surface area contributed by atoms with Crippen molar-refractivity contribution in [2.45, 2.75) is 256 Å². The van der Waals surface area contributed by atoms with Gasteiger partial charge in [0.1, 0.15) is 72.4 Å². The Labute approximate surface area is 555 Å². The number of phosphoric acid groups is 1. The zero-order chi connectivity index (χ0) is 71.8. The lowest BCUT2D eigenvalue weighted by Gasteiger charge is -2.50. The van der Waals surface area contributed by atoms with Gasteiger partial charge >= 0.3 is 19.9 Å². The minimum absolute atomic E-state index is 0.0831. The number of carbonyl (C=O) groups is 7. The molecule has 16 N–H and O–H groups in total. The van der Waals surface area contributed by atoms with E-state index in [0.29, 0.717) is 12.8 Å². The number of ketones is 1. The summed E-state index contributed by atoms with van der Waals surface area (Å²) in [5.41, 5.74) is 14.9. The normalized spacial score (nSPS) is 33.2. The highest BCUT2D eigenvalue weighted by atomic mass is 31.2. The third-order valence-electron chi connectivity index (χ3n) is 16.4. The number of amides is 5. The van der Waals surface area contributed by atoms with Gasteiger partial charge in [0.2, 0.25) is 17.7 Å². The van der Waals surface area contributed by atoms with Crippen LogP contribution < -0.4 is 27.4 Å². The molecule has 1 unspecified atom stereocenters. The number of aliphatic carboxylic acids is 1. The van der Waals surface area contributed by atoms with Gasteiger partial charge in [0.15, 0.2) is 61.5 Å². The number of rotatable bonds is 33. The van der Waals surface area contributed by atoms with E-state index in [1.807, 2.05) is 6.92 Å². The van der Waals surface area contributed by atoms with E-state index in [2.05, 4.69) is 81.5 Å². The first-order valence-corrected chi connectivity index (χ1v) is 32.8. The van der Waals surface area contributed by atoms with E-state index in [1.54, 1.807) is 6.08 Å². The fourth-order valence-corrected chi connectivity index (χ4v) is 11.7. The van der Waals surface area contributed by atoms with Crippen LogP contribution in [0.3, 0.4) is 0 Å². The Kier molecular flexibility index (Phi) is 30.5. The van der Waals surface area contributed by atoms with Crippen LogP contribution >= 0.6 is 7.82 Å². The summed E-state index contributed by atoms with van der Waals surface area (Å²) >= 11 is 0. The van der Waals surface area contributed by atoms with Crippen LogP contribution in [-0.2, 0) is 85.0 Å². The Morgan fingerprint density at radius 3 is 1.78 bits per heavy atom. The number of ether oxygens (including phenoxy) is 9. The third kappa shape index (κ3) is 23.4. The SMILES string of the molecule is C=C(C/C=C(\C)CCC=C(C)C)CCC(C)(C)/C=C\CC/C(C)=C/CO[C@H](COP(=O)(O)O[C@H]1O[C@H](C(N)=O)[C@H](O)[C@H](OC(N)=O)[C@H]1O[C@@H]1O[C@H](C)[C@H](O[C@@H]2O[C@H](C)[C@H](O[C@@H]3O[C@H](C(=O)NC4=C(O)CCC4=O)[C@H](O)[C@H](O)[C@H]3O)[C@H](O)[C@H]2NC(C)=O)[C@H](O)[C@H]1NC(C)=O)C(=O)O. The largest absolute Gasteiger partial charge is 0.510 e. The van der Waals surface area contributed by atoms with Gasteiger partial charge in [-0.15, -0.1) is 0 Å². The van der Waals surface area contributed by atoms with Crippen molar-refractivity contribution < 1.29 is 136 Å². The second-order valence-electron chi connectivity index (χ2n) is 25.3. The summed E-state index contributed by atoms with van der Waals surface area (Å²) in [4.78, 5) is 99.6. The van der Waals surface area contributed by atoms with Gasteiger partial charge in [0.25, 0.3) is 5.91 Å². The minimum Gasteiger partial charge on any atom is -0.510 e. The van der Waals surface area contributed by atoms with Crippen LogP contribution in [0.15, 0.2) is 70.7 Å². The molecule has 34 heteroatoms. The molecule has 4 fully saturated rings. The summed E-state index contributed by atoms with van der Waals surface area (Å²) in [6.07, 6.45) is -23.6. The Morgan fingerprint density at radius 1 is 0.698 bits per heavy atom. The molecule has 4 saturated heterocycles. The summed E-state index contributed by atoms with van der Waals surface area (Å²) in [5, 5.41) is 94.8. The molecule has 4 aliphatic heterocycles. The topological polar surface area (TPSA) is 508 Å². The standard InChI is InChI=1S/C62H96N5O28P/c1-28(2)15-14-17-29(3)18-19-31(5)22-25-62(10,11)24-13-12-16-30(4)23-26-85-38(56(80)81)27-86-96(83,84)95-60-53(50(94-61(64)82)47(77)51(91-60)54(63)78)93-58-41(66-35(9)69)42(72)48(32(6)88-58)89-57-40(65-34(8)68)43(73)49(33(7)87-57)90-59-46(76)44(74)45(75)52(92-59)55(79)67-39-36(70)20-21-37(39)71/h13,15,18,23-24,32-33,38,40-53,57-60,70,72-77H,5,12,14,16-17,19-22,25-27H2,1-4,6-11H3,(H2,63,78)(H2,64,82)(H,65,68)(H,66,69)(H,67,79)(H,80,81)(H,83,84)/b24-13-,29-18+,30-23+/t32-,33-,38-,40-,41-,42-,43-,44+,45-,46-,47-,48+,49+,50+,51+,52+,53-,57+,58+,59-,60-/m1/s1. The molecule has 5 aliphatic rings. The fraction of sp³-hybridized carbons (Fsp3) is 0.694. The van der Waals surface area contributed by atoms with Gasteiger partial charge in [-0.2, -0.15) is 0 Å². The summed E-state index contributed by atoms with van der Waals surface area (Å²) in [5.74, 6) is -7.10. The van der Waals surface area contributed by atoms with E-state index in [-0.39, 0.29) is 24.9 Å². The highest BCUT2D eigenvalue weighted by Crippen LogP contribution is 2.48. The Hall–Kier alpha value is -5.92. The van der Waals surface area contributed by atoms with Gasteiger partial charge in [-0.05, 0) is 91.9 Å². The van der Waals surface area contributed by atoms with E-state index >= 15 is 0 Å². The van der Waals surface area contributed by atoms with Crippen molar-refractivity contribution in [1.29, 1.82) is 0 Å². The van der Waals surface area contributed by atoms with E-state index in [4.69, 9.17) is 63.1 Å². The van der Waals surface area contributed by atoms with Crippen LogP contribution in [0.25, 0.3) is 0 Å². The van der Waals surface area contributed by atoms with Crippen molar-refractivity contribution in [1.82, 2.24) is 16.0 Å². The number of hydrogen-bond acceptors (Lipinski definition) is 26. The number of phosphoric ester groups is 1. The second kappa shape index (κ2) is 36.2. The molecule has 1 aliphatic carbocycles. The molecule has 33 nitrogen and oxygen atoms in total. The van der Waals surface area contributed by atoms with Gasteiger partial charge in [-0.25, -0.2) is 14.2 Å². The Balaban J connectivity index is 1.26. The maximum atomic E-state index is 13.8. The van der Waals surface area contributed by atoms with Crippen LogP contribution in [0.5, 0.6) is 0 Å². The number of nitrogens with two attached hydrogens (primary N) is 2. The molecular weight excluding hydrogens is 1290 g/mol. The number of aliphatic hydroxyl groups is 7. The van der Waals surface area contributed by atoms with Crippen LogP contribution in [0.4, 0.5) is 4.79 Å². The first-order valence-electron chi connectivity index (χ1n) is 31.3. The number of carboxylic acids is 1. The van der Waals surface area contributed by atoms with Gasteiger partial charge in [-0.1, -0.05) is 73.1 Å². The Morgan fingerprint density at radius 2 is 1.25 bits per heavy atom. The van der Waals surface area contributed by atoms with Gasteiger partial charge in [0.05, 0.1) is 25.4 Å². The lowest BCUT2D eigenvalue weighted by Crippen LogP contribution is -2.70. The number of allylic oxidation sites excluding steroid dienone is 10. The highest BCUT2D eigenvalue weighted by molar-refractivity contribution is 7.47. The molecule has 4 heterocycles. The lowest BCUT2D eigenvalue weighted by molar-refractivity contribution is -0.362. The minimum atomic E-state index is -5.66. The lowest BCUT2D eigenvalue weighted by atomic mass is 9.85. The predicted octanol–water partition coefficient (Wildman–Crippen LogP) is 0.786. The molecule has 0 aromatic carbocycles. The second-order valence-corrected chi connectivity index (χ2v) is 26.7. The maximum absolute atomic E-state index is 13.8.